The van der Waals surface area contributed by atoms with Crippen molar-refractivity contribution in [3.63, 3.8) is 0 Å². The van der Waals surface area contributed by atoms with Crippen molar-refractivity contribution in [3.05, 3.63) is 0 Å². The Balaban J connectivity index is 2.93. The first kappa shape index (κ1) is 19.0. The van der Waals surface area contributed by atoms with Gasteiger partial charge in [-0.3, -0.25) is 0 Å². The molecule has 0 bridgehead atoms. The van der Waals surface area contributed by atoms with E-state index >= 15 is 0 Å². The Labute approximate surface area is 125 Å². The van der Waals surface area contributed by atoms with E-state index in [-0.39, 0.29) is 0 Å². The van der Waals surface area contributed by atoms with Crippen molar-refractivity contribution in [2.75, 3.05) is 0 Å². The summed E-state index contributed by atoms with van der Waals surface area (Å²) >= 11 is 0.338. The van der Waals surface area contributed by atoms with Crippen LogP contribution in [0.4, 0.5) is 0 Å². The summed E-state index contributed by atoms with van der Waals surface area (Å²) in [4.78, 5) is 10.3. The monoisotopic (exact) mass is 336 g/mol. The van der Waals surface area contributed by atoms with Gasteiger partial charge in [-0.05, 0) is 0 Å². The van der Waals surface area contributed by atoms with Gasteiger partial charge in [-0.2, -0.15) is 0 Å². The Morgan fingerprint density at radius 3 is 1.63 bits per heavy atom. The third-order valence-electron chi connectivity index (χ3n) is 3.37. The van der Waals surface area contributed by atoms with Crippen LogP contribution in [0.3, 0.4) is 0 Å². The van der Waals surface area contributed by atoms with E-state index in [1.807, 2.05) is 0 Å². The van der Waals surface area contributed by atoms with Gasteiger partial charge in [0.2, 0.25) is 0 Å². The second kappa shape index (κ2) is 16.0. The first-order valence-corrected chi connectivity index (χ1v) is 10.5. The van der Waals surface area contributed by atoms with Crippen LogP contribution in [-0.2, 0) is 4.79 Å². The molecule has 0 amide bonds. The molecular formula is C16H32O2Se. The van der Waals surface area contributed by atoms with Crippen LogP contribution in [0.15, 0.2) is 0 Å². The van der Waals surface area contributed by atoms with Gasteiger partial charge in [0.25, 0.3) is 0 Å². The van der Waals surface area contributed by atoms with Crippen molar-refractivity contribution in [2.24, 2.45) is 0 Å². The Morgan fingerprint density at radius 2 is 1.21 bits per heavy atom. The second-order valence-corrected chi connectivity index (χ2v) is 7.65. The fourth-order valence-electron chi connectivity index (χ4n) is 2.20. The molecule has 0 aromatic rings. The number of hydrogen-bond donors (Lipinski definition) is 1. The Bertz CT molecular complexity index is 195. The summed E-state index contributed by atoms with van der Waals surface area (Å²) in [6.07, 6.45) is 16.5. The molecule has 0 saturated carbocycles. The number of hydrogen-bond acceptors (Lipinski definition) is 1. The SMILES string of the molecule is CCCCCCCCCCCCCC[Se]CC(=O)O. The van der Waals surface area contributed by atoms with Crippen LogP contribution in [0.1, 0.15) is 84.0 Å². The zero-order chi connectivity index (χ0) is 14.2. The number of unbranched alkanes of at least 4 members (excludes halogenated alkanes) is 11. The summed E-state index contributed by atoms with van der Waals surface area (Å²) < 4.78 is 0. The number of rotatable bonds is 15. The van der Waals surface area contributed by atoms with Gasteiger partial charge in [-0.1, -0.05) is 13.3 Å². The van der Waals surface area contributed by atoms with Gasteiger partial charge in [0.15, 0.2) is 0 Å². The van der Waals surface area contributed by atoms with E-state index in [4.69, 9.17) is 5.11 Å². The molecule has 2 nitrogen and oxygen atoms in total. The van der Waals surface area contributed by atoms with Gasteiger partial charge in [0.05, 0.1) is 0 Å². The molecule has 0 spiro atoms. The van der Waals surface area contributed by atoms with E-state index in [0.29, 0.717) is 20.3 Å². The van der Waals surface area contributed by atoms with E-state index in [1.165, 1.54) is 77.0 Å². The fraction of sp³-hybridized carbons (Fsp3) is 0.938. The number of carbonyl (C=O) groups is 1. The number of carboxylic acid groups (broad SMARTS) is 1. The van der Waals surface area contributed by atoms with Crippen LogP contribution in [0.2, 0.25) is 10.6 Å². The van der Waals surface area contributed by atoms with Gasteiger partial charge >= 0.3 is 112 Å². The van der Waals surface area contributed by atoms with Gasteiger partial charge in [0, 0.05) is 0 Å². The molecule has 0 fully saturated rings. The van der Waals surface area contributed by atoms with Crippen molar-refractivity contribution >= 4 is 20.9 Å². The molecule has 114 valence electrons. The third kappa shape index (κ3) is 18.0. The maximum atomic E-state index is 10.3. The van der Waals surface area contributed by atoms with E-state index in [9.17, 15) is 4.79 Å². The molecule has 0 radical (unpaired) electrons. The van der Waals surface area contributed by atoms with Crippen LogP contribution in [0.5, 0.6) is 0 Å². The maximum absolute atomic E-state index is 10.3. The van der Waals surface area contributed by atoms with Gasteiger partial charge < -0.3 is 0 Å². The van der Waals surface area contributed by atoms with Gasteiger partial charge in [-0.25, -0.2) is 0 Å². The van der Waals surface area contributed by atoms with Crippen LogP contribution in [0, 0.1) is 0 Å². The van der Waals surface area contributed by atoms with Crippen molar-refractivity contribution < 1.29 is 9.90 Å². The predicted molar refractivity (Wildman–Crippen MR) is 84.1 cm³/mol. The Kier molecular flexibility index (Phi) is 16.0. The van der Waals surface area contributed by atoms with Gasteiger partial charge in [-0.15, -0.1) is 0 Å². The molecule has 3 heteroatoms. The standard InChI is InChI=1S/C16H32O2Se/c1-2-3-4-5-6-7-8-9-10-11-12-13-14-19-15-16(17)18/h2-15H2,1H3,(H,17,18). The van der Waals surface area contributed by atoms with E-state index < -0.39 is 5.97 Å². The second-order valence-electron chi connectivity index (χ2n) is 5.34. The van der Waals surface area contributed by atoms with Crippen molar-refractivity contribution in [1.82, 2.24) is 0 Å². The summed E-state index contributed by atoms with van der Waals surface area (Å²) in [6.45, 7) is 2.27. The topological polar surface area (TPSA) is 37.3 Å². The predicted octanol–water partition coefficient (Wildman–Crippen LogP) is 5.31. The average molecular weight is 335 g/mol. The molecule has 0 aromatic carbocycles. The molecule has 0 heterocycles. The molecule has 0 aliphatic rings. The van der Waals surface area contributed by atoms with Crippen LogP contribution in [-0.4, -0.2) is 26.0 Å². The summed E-state index contributed by atoms with van der Waals surface area (Å²) in [7, 11) is 0. The molecular weight excluding hydrogens is 303 g/mol. The van der Waals surface area contributed by atoms with Crippen molar-refractivity contribution in [1.29, 1.82) is 0 Å². The molecule has 0 atom stereocenters. The molecule has 0 aliphatic heterocycles. The van der Waals surface area contributed by atoms with Crippen LogP contribution < -0.4 is 0 Å². The first-order chi connectivity index (χ1) is 9.27. The molecule has 0 saturated heterocycles. The fourth-order valence-corrected chi connectivity index (χ4v) is 3.73. The molecule has 0 rings (SSSR count). The molecule has 1 N–H and O–H groups in total. The molecule has 0 aromatic heterocycles. The normalized spacial score (nSPS) is 10.8. The Hall–Kier alpha value is -0.0105. The van der Waals surface area contributed by atoms with Crippen LogP contribution in [0.25, 0.3) is 0 Å². The minimum absolute atomic E-state index is 0.338. The quantitative estimate of drug-likeness (QED) is 0.325. The summed E-state index contributed by atoms with van der Waals surface area (Å²) in [5.74, 6) is -0.626. The number of carboxylic acids is 1. The van der Waals surface area contributed by atoms with Crippen LogP contribution >= 0.6 is 0 Å². The molecule has 0 aliphatic carbocycles. The van der Waals surface area contributed by atoms with Crippen molar-refractivity contribution in [3.8, 4) is 0 Å². The number of aliphatic carboxylic acids is 1. The molecule has 0 unspecified atom stereocenters. The summed E-state index contributed by atoms with van der Waals surface area (Å²) in [6, 6.07) is 0. The van der Waals surface area contributed by atoms with E-state index in [1.54, 1.807) is 0 Å². The van der Waals surface area contributed by atoms with Gasteiger partial charge in [0.1, 0.15) is 0 Å². The third-order valence-corrected chi connectivity index (χ3v) is 5.53. The van der Waals surface area contributed by atoms with Crippen molar-refractivity contribution in [2.45, 2.75) is 94.6 Å². The zero-order valence-corrected chi connectivity index (χ0v) is 14.4. The zero-order valence-electron chi connectivity index (χ0n) is 12.7. The summed E-state index contributed by atoms with van der Waals surface area (Å²) in [5, 5.41) is 10.1. The van der Waals surface area contributed by atoms with E-state index in [0.717, 1.165) is 5.32 Å². The summed E-state index contributed by atoms with van der Waals surface area (Å²) in [5.41, 5.74) is 0. The first-order valence-electron chi connectivity index (χ1n) is 8.07. The minimum atomic E-state index is -0.626. The Morgan fingerprint density at radius 1 is 0.789 bits per heavy atom. The average Bonchev–Trinajstić information content (AvgIpc) is 2.39. The van der Waals surface area contributed by atoms with E-state index in [2.05, 4.69) is 6.92 Å². The molecule has 19 heavy (non-hydrogen) atoms.